The van der Waals surface area contributed by atoms with Crippen LogP contribution in [0.1, 0.15) is 26.3 Å². The zero-order chi connectivity index (χ0) is 13.3. The van der Waals surface area contributed by atoms with Crippen LogP contribution in [0.3, 0.4) is 0 Å². The van der Waals surface area contributed by atoms with Crippen molar-refractivity contribution in [1.29, 1.82) is 0 Å². The van der Waals surface area contributed by atoms with Crippen molar-refractivity contribution >= 4 is 17.2 Å². The lowest BCUT2D eigenvalue weighted by Crippen LogP contribution is -2.28. The highest BCUT2D eigenvalue weighted by Gasteiger charge is 2.32. The summed E-state index contributed by atoms with van der Waals surface area (Å²) in [6, 6.07) is 9.75. The van der Waals surface area contributed by atoms with Gasteiger partial charge in [-0.05, 0) is 6.92 Å². The Morgan fingerprint density at radius 2 is 1.89 bits per heavy atom. The molecule has 1 atom stereocenters. The molecule has 3 heteroatoms. The maximum absolute atomic E-state index is 12.1. The Kier molecular flexibility index (Phi) is 3.32. The summed E-state index contributed by atoms with van der Waals surface area (Å²) in [6.07, 6.45) is 0. The number of ketones is 1. The minimum absolute atomic E-state index is 0.0335. The second-order valence-electron chi connectivity index (χ2n) is 4.91. The first kappa shape index (κ1) is 12.6. The Labute approximate surface area is 107 Å². The summed E-state index contributed by atoms with van der Waals surface area (Å²) < 4.78 is 0. The van der Waals surface area contributed by atoms with Crippen molar-refractivity contribution in [1.82, 2.24) is 0 Å². The molecule has 0 saturated carbocycles. The van der Waals surface area contributed by atoms with E-state index in [2.05, 4.69) is 4.99 Å². The molecule has 2 rings (SSSR count). The van der Waals surface area contributed by atoms with E-state index < -0.39 is 0 Å². The molecule has 0 radical (unpaired) electrons. The molecule has 0 spiro atoms. The minimum Gasteiger partial charge on any atom is -0.399 e. The van der Waals surface area contributed by atoms with E-state index in [-0.39, 0.29) is 17.6 Å². The third-order valence-corrected chi connectivity index (χ3v) is 3.19. The maximum atomic E-state index is 12.1. The first-order chi connectivity index (χ1) is 8.52. The third-order valence-electron chi connectivity index (χ3n) is 3.19. The Morgan fingerprint density at radius 3 is 2.44 bits per heavy atom. The van der Waals surface area contributed by atoms with Crippen molar-refractivity contribution < 1.29 is 4.79 Å². The van der Waals surface area contributed by atoms with Crippen LogP contribution in [0, 0.1) is 11.8 Å². The van der Waals surface area contributed by atoms with Gasteiger partial charge in [0, 0.05) is 17.2 Å². The summed E-state index contributed by atoms with van der Waals surface area (Å²) >= 11 is 0. The van der Waals surface area contributed by atoms with Gasteiger partial charge in [-0.25, -0.2) is 0 Å². The Morgan fingerprint density at radius 1 is 1.28 bits per heavy atom. The largest absolute Gasteiger partial charge is 0.399 e. The van der Waals surface area contributed by atoms with Gasteiger partial charge in [-0.3, -0.25) is 9.79 Å². The van der Waals surface area contributed by atoms with Crippen molar-refractivity contribution in [2.75, 3.05) is 0 Å². The van der Waals surface area contributed by atoms with Gasteiger partial charge in [0.1, 0.15) is 5.78 Å². The second kappa shape index (κ2) is 4.77. The molecule has 3 nitrogen and oxygen atoms in total. The summed E-state index contributed by atoms with van der Waals surface area (Å²) in [5.74, 6) is -0.242. The molecule has 0 saturated heterocycles. The van der Waals surface area contributed by atoms with Gasteiger partial charge in [-0.2, -0.15) is 0 Å². The van der Waals surface area contributed by atoms with Gasteiger partial charge in [0.25, 0.3) is 0 Å². The van der Waals surface area contributed by atoms with E-state index >= 15 is 0 Å². The van der Waals surface area contributed by atoms with Crippen LogP contribution >= 0.6 is 0 Å². The van der Waals surface area contributed by atoms with Gasteiger partial charge < -0.3 is 5.73 Å². The molecule has 1 heterocycles. The zero-order valence-electron chi connectivity index (χ0n) is 11.0. The minimum atomic E-state index is -0.347. The van der Waals surface area contributed by atoms with Crippen LogP contribution in [-0.2, 0) is 4.79 Å². The molecule has 1 aliphatic rings. The van der Waals surface area contributed by atoms with Crippen LogP contribution in [0.2, 0.25) is 0 Å². The molecule has 1 aromatic rings. The number of hydrogen-bond donors (Lipinski definition) is 1. The predicted molar refractivity (Wildman–Crippen MR) is 74.0 cm³/mol. The van der Waals surface area contributed by atoms with Crippen LogP contribution in [0.15, 0.2) is 41.0 Å². The standard InChI is InChI=1S/C15H18N2O/c1-9(2)15(18)12-10(3)17-14(13(12)16)11-7-5-4-6-8-11/h4-9,12H,16H2,1-3H3. The molecular formula is C15H18N2O. The average molecular weight is 242 g/mol. The third kappa shape index (κ3) is 2.08. The number of benzene rings is 1. The molecule has 18 heavy (non-hydrogen) atoms. The van der Waals surface area contributed by atoms with Crippen molar-refractivity contribution in [3.05, 3.63) is 41.6 Å². The zero-order valence-corrected chi connectivity index (χ0v) is 11.0. The average Bonchev–Trinajstić information content (AvgIpc) is 2.65. The van der Waals surface area contributed by atoms with Crippen LogP contribution in [0.5, 0.6) is 0 Å². The van der Waals surface area contributed by atoms with Gasteiger partial charge in [-0.15, -0.1) is 0 Å². The van der Waals surface area contributed by atoms with E-state index in [1.807, 2.05) is 51.1 Å². The van der Waals surface area contributed by atoms with Crippen molar-refractivity contribution in [3.8, 4) is 0 Å². The molecule has 0 aromatic heterocycles. The Bertz CT molecular complexity index is 527. The van der Waals surface area contributed by atoms with E-state index in [1.54, 1.807) is 0 Å². The van der Waals surface area contributed by atoms with Gasteiger partial charge in [0.15, 0.2) is 0 Å². The molecule has 0 aliphatic carbocycles. The molecule has 0 fully saturated rings. The van der Waals surface area contributed by atoms with E-state index in [4.69, 9.17) is 5.73 Å². The second-order valence-corrected chi connectivity index (χ2v) is 4.91. The fourth-order valence-corrected chi connectivity index (χ4v) is 2.19. The normalized spacial score (nSPS) is 19.3. The molecular weight excluding hydrogens is 224 g/mol. The Balaban J connectivity index is 2.42. The van der Waals surface area contributed by atoms with E-state index in [1.165, 1.54) is 0 Å². The van der Waals surface area contributed by atoms with Gasteiger partial charge in [-0.1, -0.05) is 44.2 Å². The number of nitrogens with two attached hydrogens (primary N) is 1. The van der Waals surface area contributed by atoms with Gasteiger partial charge in [0.2, 0.25) is 0 Å². The maximum Gasteiger partial charge on any atom is 0.150 e. The summed E-state index contributed by atoms with van der Waals surface area (Å²) in [7, 11) is 0. The fraction of sp³-hybridized carbons (Fsp3) is 0.333. The highest BCUT2D eigenvalue weighted by Crippen LogP contribution is 2.31. The summed E-state index contributed by atoms with van der Waals surface area (Å²) in [5, 5.41) is 0. The highest BCUT2D eigenvalue weighted by molar-refractivity contribution is 6.12. The summed E-state index contributed by atoms with van der Waals surface area (Å²) in [6.45, 7) is 5.65. The van der Waals surface area contributed by atoms with Crippen molar-refractivity contribution in [2.24, 2.45) is 22.6 Å². The molecule has 0 amide bonds. The quantitative estimate of drug-likeness (QED) is 0.885. The number of allylic oxidation sites excluding steroid dienone is 1. The van der Waals surface area contributed by atoms with E-state index in [9.17, 15) is 4.79 Å². The molecule has 0 bridgehead atoms. The summed E-state index contributed by atoms with van der Waals surface area (Å²) in [4.78, 5) is 16.6. The number of Topliss-reactive ketones (excluding diaryl/α,β-unsaturated/α-hetero) is 1. The van der Waals surface area contributed by atoms with Gasteiger partial charge >= 0.3 is 0 Å². The van der Waals surface area contributed by atoms with Gasteiger partial charge in [0.05, 0.1) is 17.3 Å². The number of carbonyl (C=O) groups is 1. The number of nitrogens with zero attached hydrogens (tertiary/aromatic N) is 1. The predicted octanol–water partition coefficient (Wildman–Crippen LogP) is 2.63. The molecule has 1 aliphatic heterocycles. The number of carbonyl (C=O) groups excluding carboxylic acids is 1. The van der Waals surface area contributed by atoms with Crippen molar-refractivity contribution in [3.63, 3.8) is 0 Å². The van der Waals surface area contributed by atoms with E-state index in [0.717, 1.165) is 17.0 Å². The lowest BCUT2D eigenvalue weighted by molar-refractivity contribution is -0.122. The number of hydrogen-bond acceptors (Lipinski definition) is 3. The van der Waals surface area contributed by atoms with Crippen LogP contribution in [0.25, 0.3) is 5.70 Å². The lowest BCUT2D eigenvalue weighted by Gasteiger charge is -2.13. The first-order valence-electron chi connectivity index (χ1n) is 6.16. The smallest absolute Gasteiger partial charge is 0.150 e. The number of rotatable bonds is 3. The molecule has 94 valence electrons. The monoisotopic (exact) mass is 242 g/mol. The van der Waals surface area contributed by atoms with Crippen molar-refractivity contribution in [2.45, 2.75) is 20.8 Å². The Hall–Kier alpha value is -1.90. The lowest BCUT2D eigenvalue weighted by atomic mass is 9.89. The molecule has 1 unspecified atom stereocenters. The first-order valence-corrected chi connectivity index (χ1v) is 6.16. The van der Waals surface area contributed by atoms with E-state index in [0.29, 0.717) is 5.70 Å². The SMILES string of the molecule is CC1=NC(c2ccccc2)=C(N)C1C(=O)C(C)C. The topological polar surface area (TPSA) is 55.4 Å². The van der Waals surface area contributed by atoms with Crippen LogP contribution in [-0.4, -0.2) is 11.5 Å². The summed E-state index contributed by atoms with van der Waals surface area (Å²) in [5.41, 5.74) is 9.21. The molecule has 1 aromatic carbocycles. The fourth-order valence-electron chi connectivity index (χ4n) is 2.19. The van der Waals surface area contributed by atoms with Crippen LogP contribution < -0.4 is 5.73 Å². The van der Waals surface area contributed by atoms with Crippen LogP contribution in [0.4, 0.5) is 0 Å². The molecule has 2 N–H and O–H groups in total. The number of aliphatic imine (C=N–C) groups is 1. The highest BCUT2D eigenvalue weighted by atomic mass is 16.1.